The first-order valence-corrected chi connectivity index (χ1v) is 16.5. The Morgan fingerprint density at radius 1 is 0.380 bits per heavy atom. The average Bonchev–Trinajstić information content (AvgIpc) is 3.98. The third kappa shape index (κ3) is 5.46. The molecular weight excluding hydrogens is 698 g/mol. The van der Waals surface area contributed by atoms with E-state index in [1.807, 2.05) is 12.1 Å². The standard InChI is InChI=1S/C45H31N4.Ru/c1-49-40-28-29-41(49)45(33-20-12-5-13-21-33)39-27-25-37(48-39)43(31-16-8-3-9-17-31)35-23-22-34(46-35)42(30-14-6-2-7-15-30)36-24-26-38(47-36)44(40)32-18-10-4-11-19-32;/h2-29H,1H3;/q-1;+1. The zero-order valence-electron chi connectivity index (χ0n) is 27.3. The maximum atomic E-state index is 5.38. The van der Waals surface area contributed by atoms with E-state index in [-0.39, 0.29) is 19.5 Å². The molecule has 50 heavy (non-hydrogen) atoms. The van der Waals surface area contributed by atoms with Gasteiger partial charge in [0.2, 0.25) is 0 Å². The molecule has 9 rings (SSSR count). The molecule has 5 heteroatoms. The van der Waals surface area contributed by atoms with Crippen LogP contribution in [0, 0.1) is 0 Å². The van der Waals surface area contributed by atoms with E-state index in [1.165, 1.54) is 0 Å². The van der Waals surface area contributed by atoms with Crippen molar-refractivity contribution in [3.8, 4) is 44.5 Å². The molecule has 0 aliphatic carbocycles. The number of aromatic nitrogens is 4. The summed E-state index contributed by atoms with van der Waals surface area (Å²) in [7, 11) is 2.14. The van der Waals surface area contributed by atoms with Gasteiger partial charge in [0.15, 0.2) is 0 Å². The number of hydrogen-bond acceptors (Lipinski definition) is 2. The van der Waals surface area contributed by atoms with Gasteiger partial charge in [0.05, 0.1) is 33.8 Å². The van der Waals surface area contributed by atoms with Crippen LogP contribution < -0.4 is 4.98 Å². The molecule has 1 radical (unpaired) electrons. The van der Waals surface area contributed by atoms with Crippen molar-refractivity contribution in [1.29, 1.82) is 0 Å². The van der Waals surface area contributed by atoms with Gasteiger partial charge in [-0.3, -0.25) is 0 Å². The van der Waals surface area contributed by atoms with Gasteiger partial charge >= 0.3 is 19.5 Å². The van der Waals surface area contributed by atoms with E-state index in [2.05, 4.69) is 169 Å². The minimum Gasteiger partial charge on any atom is -0.657 e. The van der Waals surface area contributed by atoms with Gasteiger partial charge in [0.1, 0.15) is 0 Å². The van der Waals surface area contributed by atoms with Crippen LogP contribution in [0.3, 0.4) is 0 Å². The van der Waals surface area contributed by atoms with Crippen molar-refractivity contribution in [2.45, 2.75) is 0 Å². The molecule has 0 atom stereocenters. The van der Waals surface area contributed by atoms with Crippen LogP contribution in [0.4, 0.5) is 0 Å². The number of aryl methyl sites for hydroxylation is 1. The zero-order chi connectivity index (χ0) is 32.7. The summed E-state index contributed by atoms with van der Waals surface area (Å²) >= 11 is 0. The van der Waals surface area contributed by atoms with Crippen LogP contribution >= 0.6 is 0 Å². The van der Waals surface area contributed by atoms with Gasteiger partial charge < -0.3 is 9.55 Å². The van der Waals surface area contributed by atoms with E-state index in [9.17, 15) is 0 Å². The summed E-state index contributed by atoms with van der Waals surface area (Å²) < 4.78 is 2.28. The Morgan fingerprint density at radius 2 is 0.680 bits per heavy atom. The molecule has 0 spiro atoms. The first-order chi connectivity index (χ1) is 24.2. The third-order valence-corrected chi connectivity index (χ3v) is 9.34. The van der Waals surface area contributed by atoms with E-state index in [0.717, 1.165) is 89.4 Å². The normalized spacial score (nSPS) is 11.8. The largest absolute Gasteiger partial charge is 1.00 e. The summed E-state index contributed by atoms with van der Waals surface area (Å²) in [6.45, 7) is 0. The molecule has 0 N–H and O–H groups in total. The van der Waals surface area contributed by atoms with Gasteiger partial charge in [-0.25, -0.2) is 9.97 Å². The van der Waals surface area contributed by atoms with Gasteiger partial charge in [0, 0.05) is 18.2 Å². The van der Waals surface area contributed by atoms with Crippen LogP contribution in [0.5, 0.6) is 0 Å². The number of benzene rings is 4. The van der Waals surface area contributed by atoms with Gasteiger partial charge in [-0.2, -0.15) is 0 Å². The molecule has 4 nitrogen and oxygen atoms in total. The minimum atomic E-state index is 0. The summed E-state index contributed by atoms with van der Waals surface area (Å²) in [5.74, 6) is 0. The predicted molar refractivity (Wildman–Crippen MR) is 204 cm³/mol. The van der Waals surface area contributed by atoms with Crippen LogP contribution in [-0.4, -0.2) is 14.5 Å². The van der Waals surface area contributed by atoms with E-state index in [4.69, 9.17) is 15.0 Å². The Morgan fingerprint density at radius 3 is 1.02 bits per heavy atom. The van der Waals surface area contributed by atoms with Crippen molar-refractivity contribution >= 4 is 46.4 Å². The molecule has 2 aliphatic heterocycles. The summed E-state index contributed by atoms with van der Waals surface area (Å²) in [5.41, 5.74) is 15.9. The first-order valence-electron chi connectivity index (χ1n) is 16.5. The molecule has 0 fully saturated rings. The molecular formula is C45H31N4Ru. The molecule has 4 aromatic carbocycles. The van der Waals surface area contributed by atoms with Gasteiger partial charge in [0.25, 0.3) is 0 Å². The third-order valence-electron chi connectivity index (χ3n) is 9.34. The summed E-state index contributed by atoms with van der Waals surface area (Å²) in [6, 6.07) is 50.7. The van der Waals surface area contributed by atoms with Crippen LogP contribution in [0.25, 0.3) is 90.9 Å². The molecule has 0 amide bonds. The molecule has 8 bridgehead atoms. The van der Waals surface area contributed by atoms with Crippen LogP contribution in [0.15, 0.2) is 146 Å². The van der Waals surface area contributed by atoms with E-state index in [1.54, 1.807) is 0 Å². The molecule has 3 aromatic heterocycles. The molecule has 0 saturated carbocycles. The van der Waals surface area contributed by atoms with Crippen molar-refractivity contribution in [1.82, 2.24) is 19.5 Å². The van der Waals surface area contributed by atoms with Gasteiger partial charge in [-0.1, -0.05) is 133 Å². The SMILES string of the molecule is Cn1c2ccc1c(-c1ccccc1)c1nc(c(-c3ccccc3)c3ccc([n-]3)c(-c3ccccc3)c3nc(c2-c2ccccc2)C=C3)C=C1.[Ru+]. The van der Waals surface area contributed by atoms with Gasteiger partial charge in [-0.05, 0) is 69.8 Å². The van der Waals surface area contributed by atoms with Crippen LogP contribution in [-0.2, 0) is 26.5 Å². The minimum absolute atomic E-state index is 0. The summed E-state index contributed by atoms with van der Waals surface area (Å²) in [5, 5.41) is 0. The smallest absolute Gasteiger partial charge is 0.657 e. The molecule has 7 aromatic rings. The second-order valence-corrected chi connectivity index (χ2v) is 12.3. The fraction of sp³-hybridized carbons (Fsp3) is 0.0222. The van der Waals surface area contributed by atoms with E-state index < -0.39 is 0 Å². The van der Waals surface area contributed by atoms with Crippen molar-refractivity contribution in [3.63, 3.8) is 0 Å². The number of rotatable bonds is 4. The quantitative estimate of drug-likeness (QED) is 0.170. The van der Waals surface area contributed by atoms with Gasteiger partial charge in [-0.15, -0.1) is 11.0 Å². The van der Waals surface area contributed by atoms with E-state index in [0.29, 0.717) is 0 Å². The Kier molecular flexibility index (Phi) is 8.28. The van der Waals surface area contributed by atoms with Crippen molar-refractivity contribution in [2.24, 2.45) is 7.05 Å². The van der Waals surface area contributed by atoms with Crippen LogP contribution in [0.1, 0.15) is 22.8 Å². The Labute approximate surface area is 303 Å². The Hall–Kier alpha value is -5.90. The summed E-state index contributed by atoms with van der Waals surface area (Å²) in [4.78, 5) is 16.1. The predicted octanol–water partition coefficient (Wildman–Crippen LogP) is 11.0. The summed E-state index contributed by atoms with van der Waals surface area (Å²) in [6.07, 6.45) is 8.54. The van der Waals surface area contributed by atoms with E-state index >= 15 is 0 Å². The van der Waals surface area contributed by atoms with Crippen molar-refractivity contribution < 1.29 is 19.5 Å². The molecule has 239 valence electrons. The number of nitrogens with zero attached hydrogens (tertiary/aromatic N) is 4. The second kappa shape index (κ2) is 13.2. The van der Waals surface area contributed by atoms with Crippen LogP contribution in [0.2, 0.25) is 0 Å². The Balaban J connectivity index is 0.00000361. The maximum Gasteiger partial charge on any atom is 1.00 e. The van der Waals surface area contributed by atoms with Crippen molar-refractivity contribution in [3.05, 3.63) is 168 Å². The molecule has 0 saturated heterocycles. The maximum absolute atomic E-state index is 5.38. The first kappa shape index (κ1) is 31.4. The number of fused-ring (bicyclic) bond motifs is 8. The second-order valence-electron chi connectivity index (χ2n) is 12.3. The molecule has 2 aliphatic rings. The topological polar surface area (TPSA) is 44.8 Å². The zero-order valence-corrected chi connectivity index (χ0v) is 29.0. The number of hydrogen-bond donors (Lipinski definition) is 0. The molecule has 5 heterocycles. The molecule has 0 unspecified atom stereocenters. The average molecular weight is 729 g/mol. The fourth-order valence-electron chi connectivity index (χ4n) is 7.06. The van der Waals surface area contributed by atoms with Crippen molar-refractivity contribution in [2.75, 3.05) is 0 Å². The monoisotopic (exact) mass is 729 g/mol. The fourth-order valence-corrected chi connectivity index (χ4v) is 7.06. The Bertz CT molecular complexity index is 2400.